The maximum Gasteiger partial charge on any atom is 0.310 e. The molecule has 2 rings (SSSR count). The van der Waals surface area contributed by atoms with Gasteiger partial charge in [0.1, 0.15) is 6.33 Å². The average molecular weight is 265 g/mol. The van der Waals surface area contributed by atoms with E-state index in [0.717, 1.165) is 18.7 Å². The molecule has 19 heavy (non-hydrogen) atoms. The van der Waals surface area contributed by atoms with Crippen molar-refractivity contribution in [3.63, 3.8) is 0 Å². The molecule has 1 aliphatic rings. The van der Waals surface area contributed by atoms with E-state index >= 15 is 0 Å². The second-order valence-corrected chi connectivity index (χ2v) is 4.72. The fourth-order valence-corrected chi connectivity index (χ4v) is 2.41. The van der Waals surface area contributed by atoms with E-state index in [2.05, 4.69) is 21.8 Å². The molecule has 2 heterocycles. The number of nitrogens with zero attached hydrogens (tertiary/aromatic N) is 3. The zero-order valence-corrected chi connectivity index (χ0v) is 11.0. The third-order valence-corrected chi connectivity index (χ3v) is 3.36. The number of aromatic nitrogens is 2. The monoisotopic (exact) mass is 265 g/mol. The van der Waals surface area contributed by atoms with Gasteiger partial charge in [-0.25, -0.2) is 9.97 Å². The molecule has 1 fully saturated rings. The number of hydrogen-bond acceptors (Lipinski definition) is 5. The Morgan fingerprint density at radius 2 is 2.42 bits per heavy atom. The minimum atomic E-state index is -0.786. The second kappa shape index (κ2) is 6.58. The molecule has 6 heteroatoms. The predicted molar refractivity (Wildman–Crippen MR) is 68.5 cm³/mol. The number of carboxylic acid groups (broad SMARTS) is 1. The Labute approximate surface area is 112 Å². The van der Waals surface area contributed by atoms with Gasteiger partial charge in [0.15, 0.2) is 0 Å². The van der Waals surface area contributed by atoms with Crippen LogP contribution >= 0.6 is 0 Å². The lowest BCUT2D eigenvalue weighted by atomic mass is 10.0. The number of aliphatic carboxylic acids is 1. The summed E-state index contributed by atoms with van der Waals surface area (Å²) in [5, 5.41) is 9.23. The van der Waals surface area contributed by atoms with E-state index < -0.39 is 11.9 Å². The topological polar surface area (TPSA) is 75.5 Å². The van der Waals surface area contributed by atoms with Crippen molar-refractivity contribution in [1.82, 2.24) is 14.9 Å². The molecule has 1 aliphatic heterocycles. The van der Waals surface area contributed by atoms with E-state index in [1.807, 2.05) is 6.07 Å². The predicted octanol–water partition coefficient (Wildman–Crippen LogP) is 0.788. The number of rotatable bonds is 6. The molecule has 0 amide bonds. The van der Waals surface area contributed by atoms with Crippen molar-refractivity contribution in [1.29, 1.82) is 0 Å². The van der Waals surface area contributed by atoms with Crippen molar-refractivity contribution in [2.75, 3.05) is 19.8 Å². The van der Waals surface area contributed by atoms with Crippen LogP contribution in [0.1, 0.15) is 19.0 Å². The third kappa shape index (κ3) is 3.48. The van der Waals surface area contributed by atoms with Gasteiger partial charge in [-0.3, -0.25) is 9.69 Å². The van der Waals surface area contributed by atoms with Crippen molar-refractivity contribution in [2.45, 2.75) is 25.9 Å². The van der Waals surface area contributed by atoms with Crippen molar-refractivity contribution < 1.29 is 14.6 Å². The highest BCUT2D eigenvalue weighted by atomic mass is 16.5. The Hall–Kier alpha value is -1.53. The first-order chi connectivity index (χ1) is 9.22. The molecule has 1 aromatic heterocycles. The van der Waals surface area contributed by atoms with Gasteiger partial charge in [0.2, 0.25) is 0 Å². The summed E-state index contributed by atoms with van der Waals surface area (Å²) in [6.07, 6.45) is 4.18. The Balaban J connectivity index is 2.09. The molecule has 6 nitrogen and oxygen atoms in total. The van der Waals surface area contributed by atoms with Crippen LogP contribution in [0.25, 0.3) is 0 Å². The van der Waals surface area contributed by atoms with Crippen molar-refractivity contribution >= 4 is 5.97 Å². The van der Waals surface area contributed by atoms with Crippen LogP contribution in [0.3, 0.4) is 0 Å². The van der Waals surface area contributed by atoms with E-state index in [1.165, 1.54) is 6.33 Å². The molecule has 104 valence electrons. The minimum absolute atomic E-state index is 0.0765. The van der Waals surface area contributed by atoms with E-state index in [1.54, 1.807) is 6.20 Å². The molecule has 1 saturated heterocycles. The Morgan fingerprint density at radius 1 is 1.58 bits per heavy atom. The highest BCUT2D eigenvalue weighted by Crippen LogP contribution is 2.21. The average Bonchev–Trinajstić information content (AvgIpc) is 2.89. The van der Waals surface area contributed by atoms with Crippen LogP contribution in [0.15, 0.2) is 18.6 Å². The van der Waals surface area contributed by atoms with Gasteiger partial charge in [0.25, 0.3) is 0 Å². The summed E-state index contributed by atoms with van der Waals surface area (Å²) in [5.74, 6) is -1.24. The van der Waals surface area contributed by atoms with Gasteiger partial charge in [0, 0.05) is 18.8 Å². The highest BCUT2D eigenvalue weighted by Gasteiger charge is 2.37. The van der Waals surface area contributed by atoms with Gasteiger partial charge in [-0.05, 0) is 19.0 Å². The molecule has 0 saturated carbocycles. The van der Waals surface area contributed by atoms with E-state index in [-0.39, 0.29) is 6.04 Å². The van der Waals surface area contributed by atoms with Gasteiger partial charge in [-0.1, -0.05) is 6.92 Å². The maximum absolute atomic E-state index is 11.2. The van der Waals surface area contributed by atoms with Crippen LogP contribution in [-0.4, -0.2) is 51.7 Å². The summed E-state index contributed by atoms with van der Waals surface area (Å²) in [4.78, 5) is 21.5. The Bertz CT molecular complexity index is 413. The molecule has 0 spiro atoms. The summed E-state index contributed by atoms with van der Waals surface area (Å²) in [6, 6.07) is 1.78. The quantitative estimate of drug-likeness (QED) is 0.819. The fraction of sp³-hybridized carbons (Fsp3) is 0.615. The number of carboxylic acids is 1. The van der Waals surface area contributed by atoms with Crippen LogP contribution in [0.2, 0.25) is 0 Å². The molecule has 0 aliphatic carbocycles. The van der Waals surface area contributed by atoms with Crippen molar-refractivity contribution in [2.24, 2.45) is 5.92 Å². The molecule has 2 unspecified atom stereocenters. The van der Waals surface area contributed by atoms with E-state index in [4.69, 9.17) is 4.74 Å². The molecule has 0 bridgehead atoms. The van der Waals surface area contributed by atoms with E-state index in [0.29, 0.717) is 19.8 Å². The van der Waals surface area contributed by atoms with Crippen LogP contribution < -0.4 is 0 Å². The second-order valence-electron chi connectivity index (χ2n) is 4.72. The summed E-state index contributed by atoms with van der Waals surface area (Å²) >= 11 is 0. The lowest BCUT2D eigenvalue weighted by molar-refractivity contribution is -0.143. The Morgan fingerprint density at radius 3 is 3.05 bits per heavy atom. The number of hydrogen-bond donors (Lipinski definition) is 1. The minimum Gasteiger partial charge on any atom is -0.481 e. The van der Waals surface area contributed by atoms with Gasteiger partial charge in [0.05, 0.1) is 24.8 Å². The third-order valence-electron chi connectivity index (χ3n) is 3.36. The Kier molecular flexibility index (Phi) is 4.81. The molecular weight excluding hydrogens is 246 g/mol. The fourth-order valence-electron chi connectivity index (χ4n) is 2.41. The molecule has 2 atom stereocenters. The van der Waals surface area contributed by atoms with Crippen LogP contribution in [0.5, 0.6) is 0 Å². The van der Waals surface area contributed by atoms with Gasteiger partial charge in [-0.15, -0.1) is 0 Å². The summed E-state index contributed by atoms with van der Waals surface area (Å²) in [6.45, 7) is 4.32. The first kappa shape index (κ1) is 13.9. The molecule has 1 aromatic rings. The number of carbonyl (C=O) groups is 1. The van der Waals surface area contributed by atoms with Crippen LogP contribution in [-0.2, 0) is 16.1 Å². The summed E-state index contributed by atoms with van der Waals surface area (Å²) < 4.78 is 5.34. The van der Waals surface area contributed by atoms with Crippen molar-refractivity contribution in [3.05, 3.63) is 24.3 Å². The normalized spacial score (nSPS) is 22.8. The smallest absolute Gasteiger partial charge is 0.310 e. The summed E-state index contributed by atoms with van der Waals surface area (Å²) in [5.41, 5.74) is 0.902. The summed E-state index contributed by atoms with van der Waals surface area (Å²) in [7, 11) is 0. The molecular formula is C13H19N3O3. The standard InChI is InChI=1S/C13H19N3O3/c1-2-5-16(6-10-3-4-14-9-15-10)12-8-19-7-11(12)13(17)18/h3-4,9,11-12H,2,5-8H2,1H3,(H,17,18). The molecule has 0 aromatic carbocycles. The van der Waals surface area contributed by atoms with Gasteiger partial charge >= 0.3 is 5.97 Å². The SMILES string of the molecule is CCCN(Cc1ccncn1)C1COCC1C(=O)O. The lowest BCUT2D eigenvalue weighted by Gasteiger charge is -2.29. The van der Waals surface area contributed by atoms with Gasteiger partial charge < -0.3 is 9.84 Å². The highest BCUT2D eigenvalue weighted by molar-refractivity contribution is 5.71. The zero-order chi connectivity index (χ0) is 13.7. The maximum atomic E-state index is 11.2. The largest absolute Gasteiger partial charge is 0.481 e. The van der Waals surface area contributed by atoms with E-state index in [9.17, 15) is 9.90 Å². The first-order valence-electron chi connectivity index (χ1n) is 6.52. The number of ether oxygens (including phenoxy) is 1. The molecule has 0 radical (unpaired) electrons. The first-order valence-corrected chi connectivity index (χ1v) is 6.52. The zero-order valence-electron chi connectivity index (χ0n) is 11.0. The van der Waals surface area contributed by atoms with Crippen molar-refractivity contribution in [3.8, 4) is 0 Å². The molecule has 1 N–H and O–H groups in total. The van der Waals surface area contributed by atoms with Crippen LogP contribution in [0, 0.1) is 5.92 Å². The van der Waals surface area contributed by atoms with Gasteiger partial charge in [-0.2, -0.15) is 0 Å². The van der Waals surface area contributed by atoms with Crippen LogP contribution in [0.4, 0.5) is 0 Å². The lowest BCUT2D eigenvalue weighted by Crippen LogP contribution is -2.43.